The molecule has 2 aromatic heterocycles. The number of hydrogen-bond donors (Lipinski definition) is 5. The van der Waals surface area contributed by atoms with E-state index < -0.39 is 24.3 Å². The Kier molecular flexibility index (Phi) is 15.6. The Balaban J connectivity index is 0.00000207. The third kappa shape index (κ3) is 11.3. The SMILES string of the molecule is CCC.COC(=O)NCC(=O)NCCOCCc1ncc(-c2ccc3cc(-c4ccc5nc(C6COCCN6C(=O)C(NC(=O)OC)C(C)C)[nH]c5c4)ccc3c2)[nH]1. The molecule has 0 saturated carbocycles. The van der Waals surface area contributed by atoms with E-state index in [-0.39, 0.29) is 30.9 Å². The van der Waals surface area contributed by atoms with Crippen molar-refractivity contribution in [3.8, 4) is 22.4 Å². The van der Waals surface area contributed by atoms with E-state index in [0.29, 0.717) is 45.2 Å². The van der Waals surface area contributed by atoms with E-state index in [2.05, 4.69) is 92.0 Å². The van der Waals surface area contributed by atoms with Crippen molar-refractivity contribution in [2.24, 2.45) is 5.92 Å². The van der Waals surface area contributed by atoms with Crippen LogP contribution >= 0.6 is 0 Å². The largest absolute Gasteiger partial charge is 0.453 e. The summed E-state index contributed by atoms with van der Waals surface area (Å²) in [7, 11) is 2.51. The number of H-pyrrole nitrogens is 2. The average Bonchev–Trinajstić information content (AvgIpc) is 3.90. The Morgan fingerprint density at radius 3 is 2.31 bits per heavy atom. The number of morpholine rings is 1. The summed E-state index contributed by atoms with van der Waals surface area (Å²) in [6.45, 7) is 9.97. The minimum absolute atomic E-state index is 0.149. The zero-order chi connectivity index (χ0) is 41.6. The van der Waals surface area contributed by atoms with Crippen molar-refractivity contribution < 1.29 is 38.1 Å². The molecule has 3 aromatic carbocycles. The lowest BCUT2D eigenvalue weighted by Crippen LogP contribution is -2.54. The summed E-state index contributed by atoms with van der Waals surface area (Å²) < 4.78 is 20.6. The van der Waals surface area contributed by atoms with Crippen LogP contribution in [0.2, 0.25) is 0 Å². The lowest BCUT2D eigenvalue weighted by molar-refractivity contribution is -0.143. The fourth-order valence-electron chi connectivity index (χ4n) is 6.39. The van der Waals surface area contributed by atoms with Gasteiger partial charge in [-0.25, -0.2) is 19.6 Å². The van der Waals surface area contributed by atoms with Crippen molar-refractivity contribution in [2.75, 3.05) is 60.3 Å². The van der Waals surface area contributed by atoms with Crippen LogP contribution in [0, 0.1) is 5.92 Å². The second-order valence-corrected chi connectivity index (χ2v) is 14.1. The molecule has 16 nitrogen and oxygen atoms in total. The normalized spacial score (nSPS) is 14.4. The Morgan fingerprint density at radius 1 is 0.897 bits per heavy atom. The summed E-state index contributed by atoms with van der Waals surface area (Å²) in [4.78, 5) is 66.3. The molecule has 16 heteroatoms. The van der Waals surface area contributed by atoms with Gasteiger partial charge >= 0.3 is 12.2 Å². The number of nitrogens with zero attached hydrogens (tertiary/aromatic N) is 3. The summed E-state index contributed by atoms with van der Waals surface area (Å²) >= 11 is 0. The number of imidazole rings is 2. The van der Waals surface area contributed by atoms with E-state index >= 15 is 0 Å². The maximum Gasteiger partial charge on any atom is 0.407 e. The number of fused-ring (bicyclic) bond motifs is 2. The third-order valence-electron chi connectivity index (χ3n) is 9.36. The van der Waals surface area contributed by atoms with Gasteiger partial charge in [-0.2, -0.15) is 0 Å². The van der Waals surface area contributed by atoms with Crippen LogP contribution in [0.25, 0.3) is 44.2 Å². The van der Waals surface area contributed by atoms with Crippen LogP contribution in [0.4, 0.5) is 9.59 Å². The lowest BCUT2D eigenvalue weighted by Gasteiger charge is -2.37. The summed E-state index contributed by atoms with van der Waals surface area (Å²) in [6, 6.07) is 17.5. The Labute approximate surface area is 337 Å². The van der Waals surface area contributed by atoms with E-state index in [1.807, 2.05) is 32.2 Å². The number of aromatic amines is 2. The smallest absolute Gasteiger partial charge is 0.407 e. The van der Waals surface area contributed by atoms with Crippen molar-refractivity contribution in [1.82, 2.24) is 40.8 Å². The van der Waals surface area contributed by atoms with Gasteiger partial charge in [-0.3, -0.25) is 9.59 Å². The highest BCUT2D eigenvalue weighted by molar-refractivity contribution is 5.92. The lowest BCUT2D eigenvalue weighted by atomic mass is 9.99. The molecule has 2 unspecified atom stereocenters. The first-order chi connectivity index (χ1) is 28.0. The molecule has 0 aliphatic carbocycles. The highest BCUT2D eigenvalue weighted by atomic mass is 16.5. The van der Waals surface area contributed by atoms with E-state index in [1.54, 1.807) is 4.90 Å². The zero-order valence-electron chi connectivity index (χ0n) is 34.0. The molecular formula is C42H54N8O8. The van der Waals surface area contributed by atoms with Crippen LogP contribution < -0.4 is 16.0 Å². The molecule has 0 radical (unpaired) electrons. The van der Waals surface area contributed by atoms with Crippen molar-refractivity contribution in [1.29, 1.82) is 0 Å². The van der Waals surface area contributed by atoms with Gasteiger partial charge in [0.15, 0.2) is 0 Å². The molecule has 3 heterocycles. The Morgan fingerprint density at radius 2 is 1.59 bits per heavy atom. The molecule has 4 amide bonds. The zero-order valence-corrected chi connectivity index (χ0v) is 34.0. The third-order valence-corrected chi connectivity index (χ3v) is 9.36. The van der Waals surface area contributed by atoms with Crippen LogP contribution in [0.1, 0.15) is 51.8 Å². The molecule has 5 N–H and O–H groups in total. The molecule has 0 bridgehead atoms. The van der Waals surface area contributed by atoms with Gasteiger partial charge in [-0.15, -0.1) is 0 Å². The van der Waals surface area contributed by atoms with E-state index in [1.165, 1.54) is 20.6 Å². The predicted molar refractivity (Wildman–Crippen MR) is 220 cm³/mol. The quantitative estimate of drug-likeness (QED) is 0.0894. The molecule has 1 saturated heterocycles. The number of rotatable bonds is 14. The number of alkyl carbamates (subject to hydrolysis) is 2. The van der Waals surface area contributed by atoms with Crippen molar-refractivity contribution >= 4 is 45.8 Å². The first kappa shape index (κ1) is 43.1. The number of carbonyl (C=O) groups is 4. The number of methoxy groups -OCH3 is 2. The first-order valence-electron chi connectivity index (χ1n) is 19.5. The van der Waals surface area contributed by atoms with Gasteiger partial charge in [0.2, 0.25) is 11.8 Å². The van der Waals surface area contributed by atoms with Crippen molar-refractivity contribution in [3.05, 3.63) is 72.4 Å². The van der Waals surface area contributed by atoms with Crippen LogP contribution in [0.5, 0.6) is 0 Å². The number of aromatic nitrogens is 4. The summed E-state index contributed by atoms with van der Waals surface area (Å²) in [6.07, 6.45) is 2.32. The Bertz CT molecular complexity index is 2170. The molecule has 6 rings (SSSR count). The fourth-order valence-corrected chi connectivity index (χ4v) is 6.39. The fraction of sp³-hybridized carbons (Fsp3) is 0.429. The maximum absolute atomic E-state index is 13.7. The van der Waals surface area contributed by atoms with Crippen LogP contribution in [0.15, 0.2) is 60.8 Å². The average molecular weight is 799 g/mol. The number of hydrogen-bond acceptors (Lipinski definition) is 10. The monoisotopic (exact) mass is 798 g/mol. The number of ether oxygens (including phenoxy) is 4. The molecule has 0 spiro atoms. The molecule has 58 heavy (non-hydrogen) atoms. The summed E-state index contributed by atoms with van der Waals surface area (Å²) in [5, 5.41) is 9.82. The maximum atomic E-state index is 13.7. The minimum Gasteiger partial charge on any atom is -0.453 e. The Hall–Kier alpha value is -6.00. The molecule has 1 aliphatic rings. The highest BCUT2D eigenvalue weighted by Crippen LogP contribution is 2.31. The molecule has 5 aromatic rings. The van der Waals surface area contributed by atoms with Gasteiger partial charge in [0.1, 0.15) is 23.7 Å². The van der Waals surface area contributed by atoms with Gasteiger partial charge in [0.25, 0.3) is 0 Å². The second kappa shape index (κ2) is 21.0. The molecular weight excluding hydrogens is 745 g/mol. The number of benzene rings is 3. The topological polar surface area (TPSA) is 202 Å². The van der Waals surface area contributed by atoms with Gasteiger partial charge in [-0.05, 0) is 52.1 Å². The van der Waals surface area contributed by atoms with Gasteiger partial charge in [0, 0.05) is 25.1 Å². The van der Waals surface area contributed by atoms with Crippen LogP contribution in [-0.2, 0) is 35.0 Å². The van der Waals surface area contributed by atoms with Gasteiger partial charge in [-0.1, -0.05) is 64.4 Å². The van der Waals surface area contributed by atoms with E-state index in [0.717, 1.165) is 50.0 Å². The molecule has 1 fully saturated rings. The van der Waals surface area contributed by atoms with Gasteiger partial charge < -0.3 is 49.8 Å². The minimum atomic E-state index is -0.749. The van der Waals surface area contributed by atoms with Crippen molar-refractivity contribution in [2.45, 2.75) is 52.6 Å². The second-order valence-electron chi connectivity index (χ2n) is 14.1. The molecule has 310 valence electrons. The standard InChI is InChI=1S/C39H46N8O8.C3H8/c1-23(2)35(46-39(51)53-4)37(49)47-13-16-55-22-32(47)36-44-29-10-9-27(19-30(29)45-36)25-5-6-26-18-28(8-7-24(26)17-25)31-20-41-33(43-31)11-14-54-15-12-40-34(48)21-42-38(50)52-3;1-3-2/h5-10,17-20,23,32,35H,11-16,21-22H2,1-4H3,(H,40,48)(H,41,43)(H,42,50)(H,44,45)(H,46,51);3H2,1-2H3. The highest BCUT2D eigenvalue weighted by Gasteiger charge is 2.36. The summed E-state index contributed by atoms with van der Waals surface area (Å²) in [5.74, 6) is 0.722. The number of amides is 4. The van der Waals surface area contributed by atoms with E-state index in [9.17, 15) is 19.2 Å². The van der Waals surface area contributed by atoms with Crippen molar-refractivity contribution in [3.63, 3.8) is 0 Å². The number of nitrogens with one attached hydrogen (secondary N) is 5. The summed E-state index contributed by atoms with van der Waals surface area (Å²) in [5.41, 5.74) is 5.58. The van der Waals surface area contributed by atoms with Crippen LogP contribution in [0.3, 0.4) is 0 Å². The van der Waals surface area contributed by atoms with Crippen LogP contribution in [-0.4, -0.2) is 115 Å². The molecule has 1 aliphatic heterocycles. The van der Waals surface area contributed by atoms with Gasteiger partial charge in [0.05, 0.1) is 70.1 Å². The number of carbonyl (C=O) groups excluding carboxylic acids is 4. The molecule has 2 atom stereocenters. The predicted octanol–water partition coefficient (Wildman–Crippen LogP) is 5.50. The first-order valence-corrected chi connectivity index (χ1v) is 19.5. The van der Waals surface area contributed by atoms with E-state index in [4.69, 9.17) is 19.2 Å².